The minimum Gasteiger partial charge on any atom is -0.338 e. The van der Waals surface area contributed by atoms with Gasteiger partial charge in [0.05, 0.1) is 0 Å². The van der Waals surface area contributed by atoms with E-state index in [2.05, 4.69) is 5.32 Å². The van der Waals surface area contributed by atoms with E-state index in [-0.39, 0.29) is 11.9 Å². The Morgan fingerprint density at radius 1 is 1.25 bits per heavy atom. The van der Waals surface area contributed by atoms with Gasteiger partial charge in [0.15, 0.2) is 0 Å². The molecule has 0 aromatic heterocycles. The Kier molecular flexibility index (Phi) is 4.86. The molecule has 1 aliphatic rings. The van der Waals surface area contributed by atoms with Gasteiger partial charge >= 0.3 is 6.03 Å². The minimum atomic E-state index is -0.490. The molecule has 16 heavy (non-hydrogen) atoms. The SMILES string of the molecule is CCNC(=O)N1CCN(C(=O)C(C)Cl)CC1. The van der Waals surface area contributed by atoms with Gasteiger partial charge in [-0.2, -0.15) is 0 Å². The molecule has 1 unspecified atom stereocenters. The monoisotopic (exact) mass is 247 g/mol. The van der Waals surface area contributed by atoms with Crippen molar-refractivity contribution in [2.45, 2.75) is 19.2 Å². The maximum atomic E-state index is 11.6. The Morgan fingerprint density at radius 2 is 1.75 bits per heavy atom. The zero-order valence-electron chi connectivity index (χ0n) is 9.70. The second kappa shape index (κ2) is 5.94. The van der Waals surface area contributed by atoms with Crippen LogP contribution in [-0.4, -0.2) is 59.8 Å². The van der Waals surface area contributed by atoms with Crippen LogP contribution in [0.5, 0.6) is 0 Å². The lowest BCUT2D eigenvalue weighted by atomic mass is 10.3. The zero-order chi connectivity index (χ0) is 12.1. The summed E-state index contributed by atoms with van der Waals surface area (Å²) in [5, 5.41) is 2.25. The molecule has 92 valence electrons. The third kappa shape index (κ3) is 3.27. The van der Waals surface area contributed by atoms with Crippen LogP contribution in [0.25, 0.3) is 0 Å². The van der Waals surface area contributed by atoms with E-state index in [9.17, 15) is 9.59 Å². The molecule has 3 amide bonds. The van der Waals surface area contributed by atoms with Crippen molar-refractivity contribution in [1.82, 2.24) is 15.1 Å². The van der Waals surface area contributed by atoms with Gasteiger partial charge in [0.2, 0.25) is 5.91 Å². The molecule has 1 fully saturated rings. The van der Waals surface area contributed by atoms with Gasteiger partial charge in [0, 0.05) is 32.7 Å². The van der Waals surface area contributed by atoms with Gasteiger partial charge in [-0.1, -0.05) is 0 Å². The second-order valence-electron chi connectivity index (χ2n) is 3.76. The number of hydrogen-bond donors (Lipinski definition) is 1. The number of alkyl halides is 1. The van der Waals surface area contributed by atoms with Crippen LogP contribution in [0.3, 0.4) is 0 Å². The van der Waals surface area contributed by atoms with Gasteiger partial charge in [-0.15, -0.1) is 11.6 Å². The lowest BCUT2D eigenvalue weighted by Crippen LogP contribution is -2.54. The number of halogens is 1. The fourth-order valence-electron chi connectivity index (χ4n) is 1.64. The summed E-state index contributed by atoms with van der Waals surface area (Å²) < 4.78 is 0. The van der Waals surface area contributed by atoms with E-state index in [1.807, 2.05) is 6.92 Å². The van der Waals surface area contributed by atoms with Crippen molar-refractivity contribution >= 4 is 23.5 Å². The standard InChI is InChI=1S/C10H18ClN3O2/c1-3-12-10(16)14-6-4-13(5-7-14)9(15)8(2)11/h8H,3-7H2,1-2H3,(H,12,16). The van der Waals surface area contributed by atoms with E-state index in [0.717, 1.165) is 0 Å². The van der Waals surface area contributed by atoms with Crippen LogP contribution in [0.4, 0.5) is 4.79 Å². The van der Waals surface area contributed by atoms with Crippen LogP contribution in [-0.2, 0) is 4.79 Å². The van der Waals surface area contributed by atoms with Crippen LogP contribution < -0.4 is 5.32 Å². The van der Waals surface area contributed by atoms with Crippen LogP contribution in [0.1, 0.15) is 13.8 Å². The number of amides is 3. The Hall–Kier alpha value is -0.970. The molecule has 0 spiro atoms. The van der Waals surface area contributed by atoms with Crippen molar-refractivity contribution in [3.8, 4) is 0 Å². The molecule has 1 atom stereocenters. The molecule has 1 rings (SSSR count). The predicted octanol–water partition coefficient (Wildman–Crippen LogP) is 0.487. The van der Waals surface area contributed by atoms with Gasteiger partial charge in [0.25, 0.3) is 0 Å². The molecule has 5 nitrogen and oxygen atoms in total. The predicted molar refractivity (Wildman–Crippen MR) is 62.5 cm³/mol. The molecule has 0 bridgehead atoms. The highest BCUT2D eigenvalue weighted by molar-refractivity contribution is 6.30. The minimum absolute atomic E-state index is 0.0581. The van der Waals surface area contributed by atoms with Gasteiger partial charge in [0.1, 0.15) is 5.38 Å². The summed E-state index contributed by atoms with van der Waals surface area (Å²) in [6.07, 6.45) is 0. The van der Waals surface area contributed by atoms with Gasteiger partial charge in [-0.25, -0.2) is 4.79 Å². The van der Waals surface area contributed by atoms with Crippen LogP contribution in [0.2, 0.25) is 0 Å². The molecular formula is C10H18ClN3O2. The van der Waals surface area contributed by atoms with Gasteiger partial charge in [-0.3, -0.25) is 4.79 Å². The van der Waals surface area contributed by atoms with Crippen LogP contribution in [0, 0.1) is 0 Å². The molecule has 1 aliphatic heterocycles. The van der Waals surface area contributed by atoms with Crippen molar-refractivity contribution in [1.29, 1.82) is 0 Å². The molecular weight excluding hydrogens is 230 g/mol. The fraction of sp³-hybridized carbons (Fsp3) is 0.800. The van der Waals surface area contributed by atoms with Crippen molar-refractivity contribution < 1.29 is 9.59 Å². The maximum Gasteiger partial charge on any atom is 0.317 e. The van der Waals surface area contributed by atoms with E-state index >= 15 is 0 Å². The van der Waals surface area contributed by atoms with E-state index < -0.39 is 5.38 Å². The topological polar surface area (TPSA) is 52.7 Å². The second-order valence-corrected chi connectivity index (χ2v) is 4.42. The Morgan fingerprint density at radius 3 is 2.19 bits per heavy atom. The van der Waals surface area contributed by atoms with E-state index in [1.165, 1.54) is 0 Å². The molecule has 0 radical (unpaired) electrons. The third-order valence-electron chi connectivity index (χ3n) is 2.55. The first kappa shape index (κ1) is 13.1. The number of rotatable bonds is 2. The number of carbonyl (C=O) groups excluding carboxylic acids is 2. The van der Waals surface area contributed by atoms with Crippen molar-refractivity contribution in [2.75, 3.05) is 32.7 Å². The summed E-state index contributed by atoms with van der Waals surface area (Å²) in [6.45, 7) is 6.44. The summed E-state index contributed by atoms with van der Waals surface area (Å²) >= 11 is 5.73. The average molecular weight is 248 g/mol. The van der Waals surface area contributed by atoms with Crippen molar-refractivity contribution in [2.24, 2.45) is 0 Å². The highest BCUT2D eigenvalue weighted by Crippen LogP contribution is 2.07. The Labute approximate surface area is 101 Å². The molecule has 1 N–H and O–H groups in total. The first-order valence-electron chi connectivity index (χ1n) is 5.52. The molecule has 0 aromatic rings. The maximum absolute atomic E-state index is 11.6. The lowest BCUT2D eigenvalue weighted by Gasteiger charge is -2.35. The summed E-state index contributed by atoms with van der Waals surface area (Å²) in [5.74, 6) is -0.0581. The van der Waals surface area contributed by atoms with E-state index in [4.69, 9.17) is 11.6 Å². The molecule has 1 heterocycles. The smallest absolute Gasteiger partial charge is 0.317 e. The normalized spacial score (nSPS) is 18.2. The molecule has 0 aromatic carbocycles. The summed E-state index contributed by atoms with van der Waals surface area (Å²) in [4.78, 5) is 26.5. The van der Waals surface area contributed by atoms with Crippen LogP contribution in [0.15, 0.2) is 0 Å². The first-order chi connectivity index (χ1) is 7.56. The summed E-state index contributed by atoms with van der Waals surface area (Å²) in [7, 11) is 0. The number of urea groups is 1. The molecule has 0 saturated carbocycles. The van der Waals surface area contributed by atoms with E-state index in [0.29, 0.717) is 32.7 Å². The average Bonchev–Trinajstić information content (AvgIpc) is 2.28. The Bertz CT molecular complexity index is 263. The number of carbonyl (C=O) groups is 2. The largest absolute Gasteiger partial charge is 0.338 e. The zero-order valence-corrected chi connectivity index (χ0v) is 10.5. The fourth-order valence-corrected chi connectivity index (χ4v) is 1.78. The van der Waals surface area contributed by atoms with Crippen LogP contribution >= 0.6 is 11.6 Å². The number of nitrogens with one attached hydrogen (secondary N) is 1. The van der Waals surface area contributed by atoms with Crippen molar-refractivity contribution in [3.63, 3.8) is 0 Å². The lowest BCUT2D eigenvalue weighted by molar-refractivity contribution is -0.131. The van der Waals surface area contributed by atoms with E-state index in [1.54, 1.807) is 16.7 Å². The Balaban J connectivity index is 2.39. The third-order valence-corrected chi connectivity index (χ3v) is 2.73. The summed E-state index contributed by atoms with van der Waals surface area (Å²) in [6, 6.07) is -0.0616. The van der Waals surface area contributed by atoms with Gasteiger partial charge < -0.3 is 15.1 Å². The highest BCUT2D eigenvalue weighted by Gasteiger charge is 2.25. The quantitative estimate of drug-likeness (QED) is 0.722. The molecule has 1 saturated heterocycles. The van der Waals surface area contributed by atoms with Crippen molar-refractivity contribution in [3.05, 3.63) is 0 Å². The summed E-state index contributed by atoms with van der Waals surface area (Å²) in [5.41, 5.74) is 0. The number of hydrogen-bond acceptors (Lipinski definition) is 2. The molecule has 6 heteroatoms. The molecule has 0 aliphatic carbocycles. The van der Waals surface area contributed by atoms with Gasteiger partial charge in [-0.05, 0) is 13.8 Å². The number of nitrogens with zero attached hydrogens (tertiary/aromatic N) is 2. The number of piperazine rings is 1. The first-order valence-corrected chi connectivity index (χ1v) is 5.95. The highest BCUT2D eigenvalue weighted by atomic mass is 35.5.